The first kappa shape index (κ1) is 14.1. The molecule has 4 nitrogen and oxygen atoms in total. The molecule has 0 spiro atoms. The molecule has 3 rings (SSSR count). The molecule has 2 aromatic carbocycles. The van der Waals surface area contributed by atoms with Crippen molar-refractivity contribution in [1.82, 2.24) is 10.2 Å². The number of halogens is 2. The van der Waals surface area contributed by atoms with Gasteiger partial charge in [-0.1, -0.05) is 6.07 Å². The van der Waals surface area contributed by atoms with Gasteiger partial charge in [0.2, 0.25) is 0 Å². The lowest BCUT2D eigenvalue weighted by atomic mass is 10.0. The van der Waals surface area contributed by atoms with E-state index in [0.29, 0.717) is 11.3 Å². The highest BCUT2D eigenvalue weighted by atomic mass is 127. The van der Waals surface area contributed by atoms with Crippen LogP contribution in [-0.4, -0.2) is 24.4 Å². The Labute approximate surface area is 134 Å². The second-order valence-electron chi connectivity index (χ2n) is 4.46. The average molecular weight is 398 g/mol. The third-order valence-electron chi connectivity index (χ3n) is 3.29. The lowest BCUT2D eigenvalue weighted by Gasteiger charge is -2.10. The molecule has 0 atom stereocenters. The summed E-state index contributed by atoms with van der Waals surface area (Å²) < 4.78 is 25.7. The van der Waals surface area contributed by atoms with Gasteiger partial charge in [0.25, 0.3) is 0 Å². The van der Waals surface area contributed by atoms with Crippen molar-refractivity contribution >= 4 is 33.5 Å². The Morgan fingerprint density at radius 3 is 2.67 bits per heavy atom. The zero-order valence-electron chi connectivity index (χ0n) is 11.4. The van der Waals surface area contributed by atoms with Crippen molar-refractivity contribution in [2.24, 2.45) is 0 Å². The molecule has 108 valence electrons. The normalized spacial score (nSPS) is 10.9. The predicted molar refractivity (Wildman–Crippen MR) is 87.3 cm³/mol. The molecule has 0 aliphatic carbocycles. The number of nitrogens with one attached hydrogen (secondary N) is 1. The number of aromatic amines is 1. The van der Waals surface area contributed by atoms with Gasteiger partial charge in [0.05, 0.1) is 19.7 Å². The maximum atomic E-state index is 14.5. The number of rotatable bonds is 3. The molecular formula is C15H12FIN2O2. The second-order valence-corrected chi connectivity index (χ2v) is 5.54. The van der Waals surface area contributed by atoms with Crippen LogP contribution in [0.3, 0.4) is 0 Å². The van der Waals surface area contributed by atoms with Gasteiger partial charge < -0.3 is 9.47 Å². The smallest absolute Gasteiger partial charge is 0.173 e. The molecule has 1 heterocycles. The van der Waals surface area contributed by atoms with Crippen LogP contribution in [0.2, 0.25) is 0 Å². The topological polar surface area (TPSA) is 47.1 Å². The van der Waals surface area contributed by atoms with Gasteiger partial charge in [-0.15, -0.1) is 0 Å². The molecule has 0 aliphatic heterocycles. The molecule has 21 heavy (non-hydrogen) atoms. The number of H-pyrrole nitrogens is 1. The monoisotopic (exact) mass is 398 g/mol. The van der Waals surface area contributed by atoms with Crippen LogP contribution in [0.15, 0.2) is 30.3 Å². The number of aromatic nitrogens is 2. The summed E-state index contributed by atoms with van der Waals surface area (Å²) in [5.41, 5.74) is 1.93. The second kappa shape index (κ2) is 5.51. The zero-order chi connectivity index (χ0) is 15.0. The van der Waals surface area contributed by atoms with Crippen LogP contribution in [0.25, 0.3) is 22.0 Å². The summed E-state index contributed by atoms with van der Waals surface area (Å²) in [7, 11) is 2.97. The van der Waals surface area contributed by atoms with Gasteiger partial charge in [0.15, 0.2) is 11.6 Å². The van der Waals surface area contributed by atoms with E-state index in [1.165, 1.54) is 20.3 Å². The third kappa shape index (κ3) is 2.44. The van der Waals surface area contributed by atoms with Gasteiger partial charge in [-0.2, -0.15) is 5.10 Å². The van der Waals surface area contributed by atoms with E-state index < -0.39 is 5.82 Å². The maximum Gasteiger partial charge on any atom is 0.173 e. The molecule has 1 aromatic heterocycles. The first-order valence-corrected chi connectivity index (χ1v) is 7.27. The van der Waals surface area contributed by atoms with Crippen molar-refractivity contribution in [2.45, 2.75) is 0 Å². The molecule has 0 unspecified atom stereocenters. The Morgan fingerprint density at radius 1 is 1.14 bits per heavy atom. The van der Waals surface area contributed by atoms with Crippen LogP contribution in [0.5, 0.6) is 11.5 Å². The summed E-state index contributed by atoms with van der Waals surface area (Å²) in [5, 5.41) is 8.12. The Bertz CT molecular complexity index is 817. The molecule has 0 saturated carbocycles. The highest BCUT2D eigenvalue weighted by molar-refractivity contribution is 14.1. The van der Waals surface area contributed by atoms with E-state index in [2.05, 4.69) is 32.8 Å². The number of nitrogens with zero attached hydrogens (tertiary/aromatic N) is 1. The summed E-state index contributed by atoms with van der Waals surface area (Å²) in [6.07, 6.45) is 0. The van der Waals surface area contributed by atoms with Gasteiger partial charge >= 0.3 is 0 Å². The van der Waals surface area contributed by atoms with Gasteiger partial charge in [-0.25, -0.2) is 4.39 Å². The first-order chi connectivity index (χ1) is 10.1. The number of ether oxygens (including phenoxy) is 2. The minimum atomic E-state index is -0.414. The SMILES string of the molecule is COc1cc(OC)c(F)c(-c2ccc3c(I)[nH]nc3c2)c1. The molecule has 0 radical (unpaired) electrons. The van der Waals surface area contributed by atoms with Crippen molar-refractivity contribution in [1.29, 1.82) is 0 Å². The highest BCUT2D eigenvalue weighted by Crippen LogP contribution is 2.35. The number of benzene rings is 2. The number of fused-ring (bicyclic) bond motifs is 1. The third-order valence-corrected chi connectivity index (χ3v) is 4.11. The van der Waals surface area contributed by atoms with E-state index in [0.717, 1.165) is 20.2 Å². The fourth-order valence-electron chi connectivity index (χ4n) is 2.20. The summed E-state index contributed by atoms with van der Waals surface area (Å²) in [6.45, 7) is 0. The minimum absolute atomic E-state index is 0.154. The van der Waals surface area contributed by atoms with Crippen LogP contribution in [0.4, 0.5) is 4.39 Å². The van der Waals surface area contributed by atoms with E-state index >= 15 is 0 Å². The first-order valence-electron chi connectivity index (χ1n) is 6.19. The van der Waals surface area contributed by atoms with E-state index in [1.54, 1.807) is 6.07 Å². The highest BCUT2D eigenvalue weighted by Gasteiger charge is 2.15. The fraction of sp³-hybridized carbons (Fsp3) is 0.133. The van der Waals surface area contributed by atoms with E-state index in [-0.39, 0.29) is 5.75 Å². The standard InChI is InChI=1S/C15H12FIN2O2/c1-20-9-6-11(14(16)13(7-9)21-2)8-3-4-10-12(5-8)18-19-15(10)17/h3-7H,1-2H3,(H,18,19). The van der Waals surface area contributed by atoms with Gasteiger partial charge in [-0.3, -0.25) is 5.10 Å². The lowest BCUT2D eigenvalue weighted by molar-refractivity contribution is 0.375. The zero-order valence-corrected chi connectivity index (χ0v) is 13.6. The van der Waals surface area contributed by atoms with E-state index in [9.17, 15) is 4.39 Å². The van der Waals surface area contributed by atoms with E-state index in [1.807, 2.05) is 18.2 Å². The quantitative estimate of drug-likeness (QED) is 0.679. The van der Waals surface area contributed by atoms with Crippen LogP contribution in [0.1, 0.15) is 0 Å². The molecule has 0 saturated heterocycles. The number of hydrogen-bond acceptors (Lipinski definition) is 3. The molecule has 0 aliphatic rings. The molecule has 0 fully saturated rings. The molecular weight excluding hydrogens is 386 g/mol. The summed E-state index contributed by atoms with van der Waals surface area (Å²) >= 11 is 2.18. The maximum absolute atomic E-state index is 14.5. The summed E-state index contributed by atoms with van der Waals surface area (Å²) in [5.74, 6) is 0.281. The Morgan fingerprint density at radius 2 is 1.95 bits per heavy atom. The Balaban J connectivity index is 2.21. The minimum Gasteiger partial charge on any atom is -0.497 e. The average Bonchev–Trinajstić information content (AvgIpc) is 2.88. The predicted octanol–water partition coefficient (Wildman–Crippen LogP) is 3.99. The summed E-state index contributed by atoms with van der Waals surface area (Å²) in [6, 6.07) is 8.79. The fourth-order valence-corrected chi connectivity index (χ4v) is 2.77. The largest absolute Gasteiger partial charge is 0.497 e. The Kier molecular flexibility index (Phi) is 3.71. The van der Waals surface area contributed by atoms with Crippen LogP contribution < -0.4 is 9.47 Å². The molecule has 0 amide bonds. The lowest BCUT2D eigenvalue weighted by Crippen LogP contribution is -1.94. The molecule has 1 N–H and O–H groups in total. The Hall–Kier alpha value is -1.83. The van der Waals surface area contributed by atoms with Crippen molar-refractivity contribution in [3.05, 3.63) is 39.8 Å². The molecule has 6 heteroatoms. The van der Waals surface area contributed by atoms with Crippen molar-refractivity contribution in [3.63, 3.8) is 0 Å². The number of hydrogen-bond donors (Lipinski definition) is 1. The van der Waals surface area contributed by atoms with Crippen LogP contribution in [-0.2, 0) is 0 Å². The van der Waals surface area contributed by atoms with Crippen LogP contribution >= 0.6 is 22.6 Å². The number of methoxy groups -OCH3 is 2. The van der Waals surface area contributed by atoms with E-state index in [4.69, 9.17) is 9.47 Å². The van der Waals surface area contributed by atoms with Gasteiger partial charge in [0.1, 0.15) is 9.45 Å². The van der Waals surface area contributed by atoms with Crippen molar-refractivity contribution in [2.75, 3.05) is 14.2 Å². The van der Waals surface area contributed by atoms with Gasteiger partial charge in [0, 0.05) is 17.0 Å². The van der Waals surface area contributed by atoms with Crippen molar-refractivity contribution < 1.29 is 13.9 Å². The van der Waals surface area contributed by atoms with Crippen molar-refractivity contribution in [3.8, 4) is 22.6 Å². The van der Waals surface area contributed by atoms with Gasteiger partial charge in [-0.05, 0) is 46.4 Å². The molecule has 0 bridgehead atoms. The molecule has 3 aromatic rings. The van der Waals surface area contributed by atoms with Crippen LogP contribution in [0, 0.1) is 9.52 Å². The summed E-state index contributed by atoms with van der Waals surface area (Å²) in [4.78, 5) is 0.